The monoisotopic (exact) mass is 442 g/mol. The van der Waals surface area contributed by atoms with Crippen LogP contribution in [0.3, 0.4) is 0 Å². The molecule has 1 saturated heterocycles. The summed E-state index contributed by atoms with van der Waals surface area (Å²) in [6.45, 7) is 5.47. The van der Waals surface area contributed by atoms with E-state index < -0.39 is 0 Å². The van der Waals surface area contributed by atoms with Gasteiger partial charge in [0.25, 0.3) is 0 Å². The highest BCUT2D eigenvalue weighted by molar-refractivity contribution is 6.30. The molecule has 7 heteroatoms. The van der Waals surface area contributed by atoms with Crippen LogP contribution in [0.25, 0.3) is 0 Å². The molecule has 0 aliphatic carbocycles. The Morgan fingerprint density at radius 3 is 2.65 bits per heavy atom. The molecular weight excluding hydrogens is 415 g/mol. The molecule has 0 saturated carbocycles. The van der Waals surface area contributed by atoms with Crippen LogP contribution in [0.4, 0.5) is 10.1 Å². The molecule has 1 fully saturated rings. The van der Waals surface area contributed by atoms with Crippen molar-refractivity contribution in [3.05, 3.63) is 63.9 Å². The van der Waals surface area contributed by atoms with Crippen LogP contribution in [0.15, 0.2) is 36.4 Å². The van der Waals surface area contributed by atoms with Crippen molar-refractivity contribution in [2.45, 2.75) is 37.8 Å². The lowest BCUT2D eigenvalue weighted by Crippen LogP contribution is -2.44. The Morgan fingerprint density at radius 2 is 1.97 bits per heavy atom. The van der Waals surface area contributed by atoms with Gasteiger partial charge in [-0.15, -0.1) is 0 Å². The molecule has 0 amide bonds. The largest absolute Gasteiger partial charge is 0.373 e. The average molecular weight is 443 g/mol. The van der Waals surface area contributed by atoms with E-state index in [1.54, 1.807) is 0 Å². The lowest BCUT2D eigenvalue weighted by atomic mass is 9.73. The van der Waals surface area contributed by atoms with Gasteiger partial charge in [-0.25, -0.2) is 9.40 Å². The zero-order chi connectivity index (χ0) is 22.0. The first-order valence-electron chi connectivity index (χ1n) is 10.7. The van der Waals surface area contributed by atoms with E-state index in [9.17, 15) is 4.39 Å². The number of hydrogen-bond acceptors (Lipinski definition) is 5. The Labute approximate surface area is 188 Å². The molecule has 0 spiro atoms. The van der Waals surface area contributed by atoms with Crippen molar-refractivity contribution < 1.29 is 9.13 Å². The molecule has 1 atom stereocenters. The molecule has 0 aromatic heterocycles. The SMILES string of the molecule is CC(OCC1(c2ccc(F)cc2)CCN(C)CC1)c1cc(Cl)cc2c1NN(CC#N)C2. The van der Waals surface area contributed by atoms with E-state index in [4.69, 9.17) is 21.6 Å². The van der Waals surface area contributed by atoms with Gasteiger partial charge in [0.15, 0.2) is 0 Å². The summed E-state index contributed by atoms with van der Waals surface area (Å²) in [4.78, 5) is 2.32. The minimum atomic E-state index is -0.219. The standard InChI is InChI=1S/C24H28ClFN4O/c1-17(22-14-20(25)13-18-15-30(12-9-27)28-23(18)22)31-16-24(7-10-29(2)11-8-24)19-3-5-21(26)6-4-19/h3-6,13-14,17,28H,7-8,10-12,15-16H2,1-2H3. The van der Waals surface area contributed by atoms with Gasteiger partial charge < -0.3 is 15.1 Å². The number of ether oxygens (including phenoxy) is 1. The van der Waals surface area contributed by atoms with Gasteiger partial charge in [0.2, 0.25) is 0 Å². The fraction of sp³-hybridized carbons (Fsp3) is 0.458. The van der Waals surface area contributed by atoms with Gasteiger partial charge in [-0.05, 0) is 75.3 Å². The fourth-order valence-electron chi connectivity index (χ4n) is 4.59. The van der Waals surface area contributed by atoms with Gasteiger partial charge in [0.05, 0.1) is 24.5 Å². The molecule has 2 aliphatic heterocycles. The molecule has 1 unspecified atom stereocenters. The Kier molecular flexibility index (Phi) is 6.49. The summed E-state index contributed by atoms with van der Waals surface area (Å²) in [6.07, 6.45) is 1.74. The van der Waals surface area contributed by atoms with Crippen molar-refractivity contribution in [1.29, 1.82) is 5.26 Å². The number of anilines is 1. The van der Waals surface area contributed by atoms with Crippen LogP contribution in [-0.4, -0.2) is 43.2 Å². The maximum Gasteiger partial charge on any atom is 0.123 e. The summed E-state index contributed by atoms with van der Waals surface area (Å²) in [7, 11) is 2.13. The van der Waals surface area contributed by atoms with Gasteiger partial charge in [-0.1, -0.05) is 23.7 Å². The quantitative estimate of drug-likeness (QED) is 0.646. The Hall–Kier alpha value is -2.17. The van der Waals surface area contributed by atoms with Crippen molar-refractivity contribution in [2.75, 3.05) is 38.7 Å². The molecule has 4 rings (SSSR count). The van der Waals surface area contributed by atoms with Crippen molar-refractivity contribution in [2.24, 2.45) is 0 Å². The normalized spacial score (nSPS) is 19.5. The Balaban J connectivity index is 1.55. The van der Waals surface area contributed by atoms with Crippen LogP contribution < -0.4 is 5.43 Å². The first-order chi connectivity index (χ1) is 14.9. The van der Waals surface area contributed by atoms with Crippen LogP contribution >= 0.6 is 11.6 Å². The third kappa shape index (κ3) is 4.70. The number of benzene rings is 2. The Bertz CT molecular complexity index is 967. The van der Waals surface area contributed by atoms with E-state index in [1.807, 2.05) is 36.2 Å². The predicted molar refractivity (Wildman–Crippen MR) is 120 cm³/mol. The molecule has 2 heterocycles. The smallest absolute Gasteiger partial charge is 0.123 e. The van der Waals surface area contributed by atoms with Gasteiger partial charge >= 0.3 is 0 Å². The lowest BCUT2D eigenvalue weighted by Gasteiger charge is -2.41. The zero-order valence-corrected chi connectivity index (χ0v) is 18.8. The molecule has 2 aromatic carbocycles. The second-order valence-electron chi connectivity index (χ2n) is 8.70. The minimum absolute atomic E-state index is 0.142. The average Bonchev–Trinajstić information content (AvgIpc) is 3.16. The maximum absolute atomic E-state index is 13.5. The number of nitrogens with zero attached hydrogens (tertiary/aromatic N) is 3. The minimum Gasteiger partial charge on any atom is -0.373 e. The second kappa shape index (κ2) is 9.13. The highest BCUT2D eigenvalue weighted by Gasteiger charge is 2.37. The summed E-state index contributed by atoms with van der Waals surface area (Å²) in [5.74, 6) is -0.219. The molecule has 2 aliphatic rings. The van der Waals surface area contributed by atoms with Crippen LogP contribution in [0.2, 0.25) is 5.02 Å². The lowest BCUT2D eigenvalue weighted by molar-refractivity contribution is 0.00668. The number of fused-ring (bicyclic) bond motifs is 1. The van der Waals surface area contributed by atoms with Crippen LogP contribution in [-0.2, 0) is 16.7 Å². The molecule has 0 radical (unpaired) electrons. The maximum atomic E-state index is 13.5. The summed E-state index contributed by atoms with van der Waals surface area (Å²) in [5.41, 5.74) is 7.35. The predicted octanol–water partition coefficient (Wildman–Crippen LogP) is 4.89. The highest BCUT2D eigenvalue weighted by Crippen LogP contribution is 2.40. The summed E-state index contributed by atoms with van der Waals surface area (Å²) < 4.78 is 20.0. The number of hydrogen-bond donors (Lipinski definition) is 1. The third-order valence-corrected chi connectivity index (χ3v) is 6.77. The summed E-state index contributed by atoms with van der Waals surface area (Å²) in [5, 5.41) is 11.6. The van der Waals surface area contributed by atoms with Gasteiger partial charge in [0.1, 0.15) is 12.4 Å². The first kappa shape index (κ1) is 22.0. The number of likely N-dealkylation sites (tertiary alicyclic amines) is 1. The van der Waals surface area contributed by atoms with E-state index in [2.05, 4.69) is 23.4 Å². The zero-order valence-electron chi connectivity index (χ0n) is 18.0. The number of halogens is 2. The van der Waals surface area contributed by atoms with Crippen molar-refractivity contribution in [1.82, 2.24) is 9.91 Å². The highest BCUT2D eigenvalue weighted by atomic mass is 35.5. The second-order valence-corrected chi connectivity index (χ2v) is 9.14. The number of rotatable bonds is 6. The molecule has 5 nitrogen and oxygen atoms in total. The fourth-order valence-corrected chi connectivity index (χ4v) is 4.84. The number of piperidine rings is 1. The Morgan fingerprint density at radius 1 is 1.26 bits per heavy atom. The number of hydrazine groups is 1. The van der Waals surface area contributed by atoms with Crippen molar-refractivity contribution in [3.8, 4) is 6.07 Å². The van der Waals surface area contributed by atoms with Crippen LogP contribution in [0.1, 0.15) is 42.6 Å². The van der Waals surface area contributed by atoms with Crippen molar-refractivity contribution in [3.63, 3.8) is 0 Å². The van der Waals surface area contributed by atoms with E-state index in [1.165, 1.54) is 12.1 Å². The molecule has 31 heavy (non-hydrogen) atoms. The molecule has 2 aromatic rings. The summed E-state index contributed by atoms with van der Waals surface area (Å²) in [6, 6.07) is 12.9. The molecule has 0 bridgehead atoms. The first-order valence-corrected chi connectivity index (χ1v) is 11.0. The molecule has 164 valence electrons. The molecular formula is C24H28ClFN4O. The van der Waals surface area contributed by atoms with E-state index in [0.717, 1.165) is 48.3 Å². The number of nitrogens with one attached hydrogen (secondary N) is 1. The summed E-state index contributed by atoms with van der Waals surface area (Å²) >= 11 is 6.39. The van der Waals surface area contributed by atoms with E-state index >= 15 is 0 Å². The van der Waals surface area contributed by atoms with E-state index in [0.29, 0.717) is 24.7 Å². The molecule has 1 N–H and O–H groups in total. The van der Waals surface area contributed by atoms with E-state index in [-0.39, 0.29) is 17.3 Å². The van der Waals surface area contributed by atoms with Crippen LogP contribution in [0.5, 0.6) is 0 Å². The van der Waals surface area contributed by atoms with Gasteiger partial charge in [-0.3, -0.25) is 0 Å². The third-order valence-electron chi connectivity index (χ3n) is 6.56. The topological polar surface area (TPSA) is 51.5 Å². The van der Waals surface area contributed by atoms with Gasteiger partial charge in [0, 0.05) is 22.5 Å². The number of nitriles is 1. The van der Waals surface area contributed by atoms with Gasteiger partial charge in [-0.2, -0.15) is 5.26 Å². The van der Waals surface area contributed by atoms with Crippen LogP contribution in [0, 0.1) is 17.1 Å². The van der Waals surface area contributed by atoms with Crippen molar-refractivity contribution >= 4 is 17.3 Å².